The van der Waals surface area contributed by atoms with Gasteiger partial charge in [0.05, 0.1) is 17.6 Å². The molecule has 0 saturated carbocycles. The summed E-state index contributed by atoms with van der Waals surface area (Å²) in [5, 5.41) is 12.6. The molecular formula is C20H18N2O2S. The number of unbranched alkanes of at least 4 members (excludes halogenated alkanes) is 1. The van der Waals surface area contributed by atoms with Gasteiger partial charge in [-0.2, -0.15) is 5.26 Å². The predicted octanol–water partition coefficient (Wildman–Crippen LogP) is 5.14. The van der Waals surface area contributed by atoms with E-state index in [-0.39, 0.29) is 5.91 Å². The number of nitriles is 1. The number of amides is 1. The molecule has 5 heteroatoms. The van der Waals surface area contributed by atoms with Crippen LogP contribution in [0.15, 0.2) is 48.5 Å². The third-order valence-corrected chi connectivity index (χ3v) is 5.12. The number of rotatable bonds is 6. The molecule has 0 unspecified atom stereocenters. The molecule has 1 aromatic heterocycles. The highest BCUT2D eigenvalue weighted by atomic mass is 32.1. The molecule has 0 atom stereocenters. The zero-order chi connectivity index (χ0) is 17.6. The van der Waals surface area contributed by atoms with E-state index in [0.29, 0.717) is 30.9 Å². The van der Waals surface area contributed by atoms with Crippen LogP contribution in [0.3, 0.4) is 0 Å². The van der Waals surface area contributed by atoms with E-state index in [4.69, 9.17) is 10.00 Å². The number of benzene rings is 2. The highest BCUT2D eigenvalue weighted by Crippen LogP contribution is 2.31. The Hall–Kier alpha value is -2.84. The van der Waals surface area contributed by atoms with Crippen LogP contribution in [0.2, 0.25) is 0 Å². The fraction of sp³-hybridized carbons (Fsp3) is 0.200. The third kappa shape index (κ3) is 3.98. The van der Waals surface area contributed by atoms with Crippen LogP contribution >= 0.6 is 11.3 Å². The van der Waals surface area contributed by atoms with Gasteiger partial charge in [-0.05, 0) is 42.5 Å². The Morgan fingerprint density at radius 3 is 2.88 bits per heavy atom. The SMILES string of the molecule is Cc1c(C(=O)Nc2cccc(OCCCC#N)c2)sc2ccccc12. The topological polar surface area (TPSA) is 62.1 Å². The number of nitrogens with one attached hydrogen (secondary N) is 1. The fourth-order valence-electron chi connectivity index (χ4n) is 2.58. The van der Waals surface area contributed by atoms with Crippen LogP contribution in [0.5, 0.6) is 5.75 Å². The molecule has 0 saturated heterocycles. The van der Waals surface area contributed by atoms with Crippen molar-refractivity contribution in [3.63, 3.8) is 0 Å². The van der Waals surface area contributed by atoms with Crippen molar-refractivity contribution in [1.82, 2.24) is 0 Å². The lowest BCUT2D eigenvalue weighted by Gasteiger charge is -2.08. The average molecular weight is 350 g/mol. The summed E-state index contributed by atoms with van der Waals surface area (Å²) >= 11 is 1.50. The molecule has 1 amide bonds. The summed E-state index contributed by atoms with van der Waals surface area (Å²) in [6.45, 7) is 2.46. The number of thiophene rings is 1. The second kappa shape index (κ2) is 7.82. The molecular weight excluding hydrogens is 332 g/mol. The molecule has 0 aliphatic carbocycles. The first-order valence-corrected chi connectivity index (χ1v) is 8.90. The molecule has 126 valence electrons. The van der Waals surface area contributed by atoms with Crippen LogP contribution in [-0.4, -0.2) is 12.5 Å². The van der Waals surface area contributed by atoms with Crippen molar-refractivity contribution in [2.45, 2.75) is 19.8 Å². The van der Waals surface area contributed by atoms with Gasteiger partial charge in [0.25, 0.3) is 5.91 Å². The number of aryl methyl sites for hydroxylation is 1. The largest absolute Gasteiger partial charge is 0.493 e. The maximum absolute atomic E-state index is 12.6. The molecule has 4 nitrogen and oxygen atoms in total. The summed E-state index contributed by atoms with van der Waals surface area (Å²) in [5.74, 6) is 0.573. The van der Waals surface area contributed by atoms with Gasteiger partial charge < -0.3 is 10.1 Å². The number of ether oxygens (including phenoxy) is 1. The minimum atomic E-state index is -0.111. The maximum Gasteiger partial charge on any atom is 0.266 e. The van der Waals surface area contributed by atoms with E-state index in [1.807, 2.05) is 49.4 Å². The lowest BCUT2D eigenvalue weighted by molar-refractivity contribution is 0.103. The number of hydrogen-bond acceptors (Lipinski definition) is 4. The van der Waals surface area contributed by atoms with Crippen LogP contribution in [0.25, 0.3) is 10.1 Å². The van der Waals surface area contributed by atoms with Crippen molar-refractivity contribution in [1.29, 1.82) is 5.26 Å². The molecule has 1 N–H and O–H groups in total. The Bertz CT molecular complexity index is 940. The highest BCUT2D eigenvalue weighted by Gasteiger charge is 2.15. The molecule has 0 bridgehead atoms. The van der Waals surface area contributed by atoms with Crippen molar-refractivity contribution < 1.29 is 9.53 Å². The van der Waals surface area contributed by atoms with E-state index in [1.165, 1.54) is 11.3 Å². The predicted molar refractivity (Wildman–Crippen MR) is 101 cm³/mol. The lowest BCUT2D eigenvalue weighted by atomic mass is 10.1. The van der Waals surface area contributed by atoms with E-state index in [2.05, 4.69) is 11.4 Å². The van der Waals surface area contributed by atoms with Gasteiger partial charge in [-0.15, -0.1) is 11.3 Å². The van der Waals surface area contributed by atoms with Crippen LogP contribution in [0.4, 0.5) is 5.69 Å². The van der Waals surface area contributed by atoms with E-state index < -0.39 is 0 Å². The molecule has 2 aromatic carbocycles. The molecule has 0 fully saturated rings. The summed E-state index contributed by atoms with van der Waals surface area (Å²) < 4.78 is 6.72. The molecule has 3 aromatic rings. The van der Waals surface area contributed by atoms with E-state index in [9.17, 15) is 4.79 Å². The summed E-state index contributed by atoms with van der Waals surface area (Å²) in [6, 6.07) is 17.4. The van der Waals surface area contributed by atoms with Gasteiger partial charge in [-0.3, -0.25) is 4.79 Å². The number of anilines is 1. The number of carbonyl (C=O) groups excluding carboxylic acids is 1. The first-order valence-electron chi connectivity index (χ1n) is 8.08. The van der Waals surface area contributed by atoms with Crippen molar-refractivity contribution in [3.8, 4) is 11.8 Å². The Kier molecular flexibility index (Phi) is 5.32. The van der Waals surface area contributed by atoms with Gasteiger partial charge in [0.2, 0.25) is 0 Å². The maximum atomic E-state index is 12.6. The van der Waals surface area contributed by atoms with Gasteiger partial charge in [0, 0.05) is 22.9 Å². The second-order valence-corrected chi connectivity index (χ2v) is 6.70. The fourth-order valence-corrected chi connectivity index (χ4v) is 3.69. The van der Waals surface area contributed by atoms with E-state index in [1.54, 1.807) is 6.07 Å². The zero-order valence-corrected chi connectivity index (χ0v) is 14.7. The van der Waals surface area contributed by atoms with E-state index >= 15 is 0 Å². The Labute approximate surface area is 150 Å². The summed E-state index contributed by atoms with van der Waals surface area (Å²) in [4.78, 5) is 13.4. The third-order valence-electron chi connectivity index (χ3n) is 3.84. The number of carbonyl (C=O) groups is 1. The molecule has 25 heavy (non-hydrogen) atoms. The quantitative estimate of drug-likeness (QED) is 0.626. The van der Waals surface area contributed by atoms with Crippen molar-refractivity contribution in [3.05, 3.63) is 59.0 Å². The standard InChI is InChI=1S/C20H18N2O2S/c1-14-17-9-2-3-10-18(17)25-19(14)20(23)22-15-7-6-8-16(13-15)24-12-5-4-11-21/h2-3,6-10,13H,4-5,12H2,1H3,(H,22,23). The Morgan fingerprint density at radius 1 is 1.24 bits per heavy atom. The van der Waals surface area contributed by atoms with Gasteiger partial charge in [-0.1, -0.05) is 24.3 Å². The number of nitrogens with zero attached hydrogens (tertiary/aromatic N) is 1. The van der Waals surface area contributed by atoms with Crippen molar-refractivity contribution >= 4 is 33.0 Å². The second-order valence-electron chi connectivity index (χ2n) is 5.64. The average Bonchev–Trinajstić information content (AvgIpc) is 2.96. The molecule has 0 aliphatic rings. The monoisotopic (exact) mass is 350 g/mol. The Balaban J connectivity index is 1.72. The van der Waals surface area contributed by atoms with E-state index in [0.717, 1.165) is 20.5 Å². The summed E-state index contributed by atoms with van der Waals surface area (Å²) in [5.41, 5.74) is 1.70. The van der Waals surface area contributed by atoms with Crippen LogP contribution in [0, 0.1) is 18.3 Å². The minimum absolute atomic E-state index is 0.111. The normalized spacial score (nSPS) is 10.4. The highest BCUT2D eigenvalue weighted by molar-refractivity contribution is 7.21. The summed E-state index contributed by atoms with van der Waals surface area (Å²) in [6.07, 6.45) is 1.16. The lowest BCUT2D eigenvalue weighted by Crippen LogP contribution is -2.11. The zero-order valence-electron chi connectivity index (χ0n) is 13.9. The summed E-state index contributed by atoms with van der Waals surface area (Å²) in [7, 11) is 0. The number of fused-ring (bicyclic) bond motifs is 1. The van der Waals surface area contributed by atoms with Crippen LogP contribution < -0.4 is 10.1 Å². The first kappa shape index (κ1) is 17.0. The van der Waals surface area contributed by atoms with Gasteiger partial charge in [0.1, 0.15) is 5.75 Å². The van der Waals surface area contributed by atoms with Gasteiger partial charge in [-0.25, -0.2) is 0 Å². The molecule has 1 heterocycles. The molecule has 3 rings (SSSR count). The van der Waals surface area contributed by atoms with Crippen molar-refractivity contribution in [2.75, 3.05) is 11.9 Å². The van der Waals surface area contributed by atoms with Crippen LogP contribution in [0.1, 0.15) is 28.1 Å². The van der Waals surface area contributed by atoms with Crippen LogP contribution in [-0.2, 0) is 0 Å². The number of hydrogen-bond donors (Lipinski definition) is 1. The minimum Gasteiger partial charge on any atom is -0.493 e. The molecule has 0 aliphatic heterocycles. The molecule has 0 spiro atoms. The first-order chi connectivity index (χ1) is 12.2. The smallest absolute Gasteiger partial charge is 0.266 e. The molecule has 0 radical (unpaired) electrons. The van der Waals surface area contributed by atoms with Crippen molar-refractivity contribution in [2.24, 2.45) is 0 Å². The Morgan fingerprint density at radius 2 is 2.08 bits per heavy atom. The van der Waals surface area contributed by atoms with Gasteiger partial charge in [0.15, 0.2) is 0 Å². The van der Waals surface area contributed by atoms with Gasteiger partial charge >= 0.3 is 0 Å².